The van der Waals surface area contributed by atoms with E-state index in [2.05, 4.69) is 5.32 Å². The maximum absolute atomic E-state index is 12.3. The van der Waals surface area contributed by atoms with Crippen LogP contribution in [0.2, 0.25) is 0 Å². The predicted octanol–water partition coefficient (Wildman–Crippen LogP) is 4.10. The molecule has 0 radical (unpaired) electrons. The van der Waals surface area contributed by atoms with Crippen LogP contribution < -0.4 is 16.8 Å². The minimum Gasteiger partial charge on any atom is -0.445 e. The van der Waals surface area contributed by atoms with Crippen molar-refractivity contribution in [2.45, 2.75) is 52.4 Å². The Bertz CT molecular complexity index is 967. The summed E-state index contributed by atoms with van der Waals surface area (Å²) in [6.07, 6.45) is 1.38. The van der Waals surface area contributed by atoms with Crippen molar-refractivity contribution in [3.8, 4) is 0 Å². The summed E-state index contributed by atoms with van der Waals surface area (Å²) in [4.78, 5) is 12.3. The van der Waals surface area contributed by atoms with E-state index in [9.17, 15) is 4.79 Å². The highest BCUT2D eigenvalue weighted by Crippen LogP contribution is 2.39. The molecule has 0 aliphatic carbocycles. The molecule has 1 aliphatic heterocycles. The molecule has 1 fully saturated rings. The lowest BCUT2D eigenvalue weighted by Gasteiger charge is -2.32. The number of carbonyl (C=O) groups excluding carboxylic acids is 1. The third-order valence-corrected chi connectivity index (χ3v) is 6.00. The van der Waals surface area contributed by atoms with Crippen molar-refractivity contribution >= 4 is 30.7 Å². The molecule has 2 aromatic carbocycles. The number of anilines is 2. The molecule has 1 heterocycles. The third kappa shape index (κ3) is 5.44. The van der Waals surface area contributed by atoms with Crippen molar-refractivity contribution in [2.24, 2.45) is 0 Å². The quantitative estimate of drug-likeness (QED) is 0.464. The summed E-state index contributed by atoms with van der Waals surface area (Å²) in [5, 5.41) is 2.80. The van der Waals surface area contributed by atoms with E-state index in [1.807, 2.05) is 77.1 Å². The van der Waals surface area contributed by atoms with Crippen LogP contribution in [-0.2, 0) is 20.7 Å². The van der Waals surface area contributed by atoms with Gasteiger partial charge in [-0.1, -0.05) is 36.4 Å². The normalized spacial score (nSPS) is 17.3. The lowest BCUT2D eigenvalue weighted by atomic mass is 9.77. The molecule has 0 atom stereocenters. The van der Waals surface area contributed by atoms with Gasteiger partial charge in [-0.25, -0.2) is 4.79 Å². The van der Waals surface area contributed by atoms with Gasteiger partial charge in [0.2, 0.25) is 0 Å². The van der Waals surface area contributed by atoms with Crippen LogP contribution in [0.5, 0.6) is 0 Å². The molecule has 1 amide bonds. The lowest BCUT2D eigenvalue weighted by molar-refractivity contribution is 0.00578. The molecule has 0 bridgehead atoms. The topological polar surface area (TPSA) is 109 Å². The molecule has 0 saturated carbocycles. The van der Waals surface area contributed by atoms with Crippen molar-refractivity contribution in [2.75, 3.05) is 18.0 Å². The molecule has 0 unspecified atom stereocenters. The smallest absolute Gasteiger partial charge is 0.445 e. The first-order chi connectivity index (χ1) is 15.0. The minimum atomic E-state index is -0.631. The van der Waals surface area contributed by atoms with Gasteiger partial charge in [0.1, 0.15) is 6.61 Å². The number of carbonyl (C=O) groups is 1. The van der Waals surface area contributed by atoms with E-state index < -0.39 is 24.4 Å². The van der Waals surface area contributed by atoms with Crippen LogP contribution in [0.15, 0.2) is 47.9 Å². The molecular formula is C24H32BN3O4. The number of nitrogen functional groups attached to an aromatic ring is 2. The van der Waals surface area contributed by atoms with Crippen LogP contribution in [0.4, 0.5) is 16.2 Å². The molecule has 1 aliphatic rings. The number of rotatable bonds is 6. The Morgan fingerprint density at radius 3 is 2.31 bits per heavy atom. The lowest BCUT2D eigenvalue weighted by Crippen LogP contribution is -2.41. The first kappa shape index (κ1) is 23.7. The molecule has 8 heteroatoms. The Labute approximate surface area is 190 Å². The first-order valence-corrected chi connectivity index (χ1v) is 10.6. The summed E-state index contributed by atoms with van der Waals surface area (Å²) in [6, 6.07) is 13.2. The maximum atomic E-state index is 12.3. The summed E-state index contributed by atoms with van der Waals surface area (Å²) in [5.74, 6) is 0. The number of benzene rings is 2. The van der Waals surface area contributed by atoms with Gasteiger partial charge in [0, 0.05) is 6.54 Å². The van der Waals surface area contributed by atoms with Gasteiger partial charge < -0.3 is 30.8 Å². The Kier molecular flexibility index (Phi) is 6.86. The monoisotopic (exact) mass is 437 g/mol. The number of hydrogen-bond donors (Lipinski definition) is 3. The standard InChI is InChI=1S/C24H32BN3O4/c1-16-11-18(13-20(26)21(16)27)12-19(25-31-23(2,3)24(4,5)32-25)14-28-22(29)30-15-17-9-7-6-8-10-17/h6-13H,14-15,26-27H2,1-5H3,(H,28,29). The van der Waals surface area contributed by atoms with Gasteiger partial charge in [-0.3, -0.25) is 0 Å². The van der Waals surface area contributed by atoms with E-state index >= 15 is 0 Å². The second kappa shape index (κ2) is 9.26. The van der Waals surface area contributed by atoms with Crippen molar-refractivity contribution in [1.82, 2.24) is 5.32 Å². The fourth-order valence-electron chi connectivity index (χ4n) is 3.30. The number of amides is 1. The van der Waals surface area contributed by atoms with Gasteiger partial charge in [0.15, 0.2) is 0 Å². The van der Waals surface area contributed by atoms with E-state index in [-0.39, 0.29) is 13.2 Å². The summed E-state index contributed by atoms with van der Waals surface area (Å²) in [7, 11) is -0.631. The van der Waals surface area contributed by atoms with E-state index in [1.165, 1.54) is 0 Å². The van der Waals surface area contributed by atoms with Crippen LogP contribution in [0, 0.1) is 6.92 Å². The molecule has 0 spiro atoms. The van der Waals surface area contributed by atoms with Crippen molar-refractivity contribution in [1.29, 1.82) is 0 Å². The van der Waals surface area contributed by atoms with Gasteiger partial charge >= 0.3 is 13.2 Å². The molecule has 170 valence electrons. The van der Waals surface area contributed by atoms with Crippen LogP contribution >= 0.6 is 0 Å². The predicted molar refractivity (Wildman–Crippen MR) is 129 cm³/mol. The summed E-state index contributed by atoms with van der Waals surface area (Å²) >= 11 is 0. The van der Waals surface area contributed by atoms with Gasteiger partial charge in [-0.15, -0.1) is 0 Å². The number of aryl methyl sites for hydroxylation is 1. The van der Waals surface area contributed by atoms with Crippen molar-refractivity contribution in [3.63, 3.8) is 0 Å². The van der Waals surface area contributed by atoms with Crippen molar-refractivity contribution in [3.05, 3.63) is 64.6 Å². The van der Waals surface area contributed by atoms with Crippen LogP contribution in [0.3, 0.4) is 0 Å². The Morgan fingerprint density at radius 1 is 1.09 bits per heavy atom. The van der Waals surface area contributed by atoms with Gasteiger partial charge in [0.25, 0.3) is 0 Å². The maximum Gasteiger partial charge on any atom is 0.492 e. The molecule has 5 N–H and O–H groups in total. The number of ether oxygens (including phenoxy) is 1. The van der Waals surface area contributed by atoms with Crippen LogP contribution in [0.25, 0.3) is 6.08 Å². The first-order valence-electron chi connectivity index (χ1n) is 10.6. The SMILES string of the molecule is Cc1cc(C=C(CNC(=O)OCc2ccccc2)B2OC(C)(C)C(C)(C)O2)cc(N)c1N. The highest BCUT2D eigenvalue weighted by Gasteiger charge is 2.52. The molecule has 1 saturated heterocycles. The van der Waals surface area contributed by atoms with Gasteiger partial charge in [-0.05, 0) is 68.9 Å². The molecule has 7 nitrogen and oxygen atoms in total. The average molecular weight is 437 g/mol. The second-order valence-electron chi connectivity index (χ2n) is 9.06. The Hall–Kier alpha value is -2.97. The average Bonchev–Trinajstić information content (AvgIpc) is 2.95. The van der Waals surface area contributed by atoms with E-state index in [1.54, 1.807) is 6.07 Å². The summed E-state index contributed by atoms with van der Waals surface area (Å²) in [6.45, 7) is 10.2. The van der Waals surface area contributed by atoms with Crippen molar-refractivity contribution < 1.29 is 18.8 Å². The zero-order valence-corrected chi connectivity index (χ0v) is 19.4. The summed E-state index contributed by atoms with van der Waals surface area (Å²) < 4.78 is 17.7. The van der Waals surface area contributed by atoms with E-state index in [0.717, 1.165) is 22.2 Å². The number of nitrogens with two attached hydrogens (primary N) is 2. The Balaban J connectivity index is 1.77. The Morgan fingerprint density at radius 2 is 1.72 bits per heavy atom. The van der Waals surface area contributed by atoms with Gasteiger partial charge in [-0.2, -0.15) is 0 Å². The third-order valence-electron chi connectivity index (χ3n) is 6.00. The highest BCUT2D eigenvalue weighted by atomic mass is 16.7. The minimum absolute atomic E-state index is 0.188. The fraction of sp³-hybridized carbons (Fsp3) is 0.375. The molecule has 2 aromatic rings. The van der Waals surface area contributed by atoms with E-state index in [0.29, 0.717) is 11.4 Å². The summed E-state index contributed by atoms with van der Waals surface area (Å²) in [5.41, 5.74) is 15.4. The zero-order chi connectivity index (χ0) is 23.5. The molecular weight excluding hydrogens is 405 g/mol. The molecule has 0 aromatic heterocycles. The van der Waals surface area contributed by atoms with E-state index in [4.69, 9.17) is 25.5 Å². The zero-order valence-electron chi connectivity index (χ0n) is 19.4. The molecule has 3 rings (SSSR count). The number of hydrogen-bond acceptors (Lipinski definition) is 6. The number of alkyl carbamates (subject to hydrolysis) is 1. The van der Waals surface area contributed by atoms with Crippen LogP contribution in [-0.4, -0.2) is 31.0 Å². The second-order valence-corrected chi connectivity index (χ2v) is 9.06. The van der Waals surface area contributed by atoms with Gasteiger partial charge in [0.05, 0.1) is 22.6 Å². The number of nitrogens with one attached hydrogen (secondary N) is 1. The molecule has 32 heavy (non-hydrogen) atoms. The highest BCUT2D eigenvalue weighted by molar-refractivity contribution is 6.56. The largest absolute Gasteiger partial charge is 0.492 e. The van der Waals surface area contributed by atoms with Crippen LogP contribution in [0.1, 0.15) is 44.4 Å². The fourth-order valence-corrected chi connectivity index (χ4v) is 3.30.